The van der Waals surface area contributed by atoms with Crippen molar-refractivity contribution in [3.05, 3.63) is 24.3 Å². The summed E-state index contributed by atoms with van der Waals surface area (Å²) in [4.78, 5) is 11.4. The highest BCUT2D eigenvalue weighted by Crippen LogP contribution is 2.12. The largest absolute Gasteiger partial charge is 0.484 e. The quantitative estimate of drug-likeness (QED) is 0.740. The predicted molar refractivity (Wildman–Crippen MR) is 68.8 cm³/mol. The number of carbonyl (C=O) groups is 1. The Hall–Kier alpha value is -1.71. The molecule has 1 amide bonds. The molecule has 0 saturated heterocycles. The van der Waals surface area contributed by atoms with Crippen molar-refractivity contribution in [2.45, 2.75) is 20.3 Å². The molecule has 1 aromatic carbocycles. The third-order valence-electron chi connectivity index (χ3n) is 2.29. The molecule has 0 spiro atoms. The maximum atomic E-state index is 11.4. The number of benzene rings is 1. The average molecular weight is 236 g/mol. The number of ether oxygens (including phenoxy) is 1. The van der Waals surface area contributed by atoms with Crippen LogP contribution in [-0.2, 0) is 4.79 Å². The number of nitrogen functional groups attached to an aromatic ring is 1. The van der Waals surface area contributed by atoms with Crippen LogP contribution in [0.25, 0.3) is 0 Å². The Morgan fingerprint density at radius 1 is 1.35 bits per heavy atom. The van der Waals surface area contributed by atoms with Gasteiger partial charge in [0.05, 0.1) is 0 Å². The van der Waals surface area contributed by atoms with Crippen molar-refractivity contribution < 1.29 is 9.53 Å². The Kier molecular flexibility index (Phi) is 5.33. The van der Waals surface area contributed by atoms with Gasteiger partial charge in [0.15, 0.2) is 6.61 Å². The van der Waals surface area contributed by atoms with E-state index in [4.69, 9.17) is 10.5 Å². The number of amides is 1. The molecule has 4 heteroatoms. The van der Waals surface area contributed by atoms with Gasteiger partial charge in [0.2, 0.25) is 0 Å². The first kappa shape index (κ1) is 13.4. The molecule has 0 aromatic heterocycles. The van der Waals surface area contributed by atoms with E-state index in [-0.39, 0.29) is 12.5 Å². The standard InChI is InChI=1S/C13H20N2O2/c1-10(2)7-8-15-13(16)9-17-12-5-3-11(14)4-6-12/h3-6,10H,7-9,14H2,1-2H3,(H,15,16). The topological polar surface area (TPSA) is 64.3 Å². The summed E-state index contributed by atoms with van der Waals surface area (Å²) in [6.45, 7) is 4.98. The zero-order valence-corrected chi connectivity index (χ0v) is 10.4. The third kappa shape index (κ3) is 5.80. The zero-order chi connectivity index (χ0) is 12.7. The van der Waals surface area contributed by atoms with E-state index in [2.05, 4.69) is 19.2 Å². The van der Waals surface area contributed by atoms with Gasteiger partial charge in [0.25, 0.3) is 5.91 Å². The van der Waals surface area contributed by atoms with Crippen molar-refractivity contribution in [1.82, 2.24) is 5.32 Å². The van der Waals surface area contributed by atoms with Crippen LogP contribution in [-0.4, -0.2) is 19.1 Å². The minimum absolute atomic E-state index is 0.0437. The molecule has 4 nitrogen and oxygen atoms in total. The number of hydrogen-bond donors (Lipinski definition) is 2. The van der Waals surface area contributed by atoms with Crippen molar-refractivity contribution in [3.63, 3.8) is 0 Å². The Balaban J connectivity index is 2.21. The highest BCUT2D eigenvalue weighted by Gasteiger charge is 2.02. The molecule has 1 rings (SSSR count). The molecule has 0 aliphatic carbocycles. The van der Waals surface area contributed by atoms with Crippen molar-refractivity contribution in [1.29, 1.82) is 0 Å². The van der Waals surface area contributed by atoms with Gasteiger partial charge in [-0.3, -0.25) is 4.79 Å². The molecule has 1 aromatic rings. The van der Waals surface area contributed by atoms with Gasteiger partial charge in [-0.1, -0.05) is 13.8 Å². The van der Waals surface area contributed by atoms with Gasteiger partial charge in [0, 0.05) is 12.2 Å². The van der Waals surface area contributed by atoms with Crippen LogP contribution in [0.2, 0.25) is 0 Å². The second-order valence-corrected chi connectivity index (χ2v) is 4.39. The Morgan fingerprint density at radius 3 is 2.59 bits per heavy atom. The van der Waals surface area contributed by atoms with Crippen molar-refractivity contribution in [2.24, 2.45) is 5.92 Å². The SMILES string of the molecule is CC(C)CCNC(=O)COc1ccc(N)cc1. The molecule has 3 N–H and O–H groups in total. The second-order valence-electron chi connectivity index (χ2n) is 4.39. The molecular formula is C13H20N2O2. The van der Waals surface area contributed by atoms with E-state index >= 15 is 0 Å². The molecule has 0 atom stereocenters. The summed E-state index contributed by atoms with van der Waals surface area (Å²) in [6.07, 6.45) is 0.980. The number of nitrogens with one attached hydrogen (secondary N) is 1. The lowest BCUT2D eigenvalue weighted by atomic mass is 10.1. The van der Waals surface area contributed by atoms with Gasteiger partial charge in [-0.25, -0.2) is 0 Å². The molecule has 0 saturated carbocycles. The van der Waals surface area contributed by atoms with Crippen molar-refractivity contribution >= 4 is 11.6 Å². The van der Waals surface area contributed by atoms with E-state index in [1.165, 1.54) is 0 Å². The number of rotatable bonds is 6. The monoisotopic (exact) mass is 236 g/mol. The normalized spacial score (nSPS) is 10.3. The van der Waals surface area contributed by atoms with Gasteiger partial charge in [0.1, 0.15) is 5.75 Å². The predicted octanol–water partition coefficient (Wildman–Crippen LogP) is 1.81. The van der Waals surface area contributed by atoms with Gasteiger partial charge in [-0.2, -0.15) is 0 Å². The van der Waals surface area contributed by atoms with E-state index in [0.717, 1.165) is 6.42 Å². The van der Waals surface area contributed by atoms with E-state index in [1.54, 1.807) is 24.3 Å². The first-order valence-corrected chi connectivity index (χ1v) is 5.83. The number of carbonyl (C=O) groups excluding carboxylic acids is 1. The first-order chi connectivity index (χ1) is 8.08. The van der Waals surface area contributed by atoms with E-state index in [1.807, 2.05) is 0 Å². The third-order valence-corrected chi connectivity index (χ3v) is 2.29. The first-order valence-electron chi connectivity index (χ1n) is 5.83. The highest BCUT2D eigenvalue weighted by atomic mass is 16.5. The Labute approximate surface area is 102 Å². The molecule has 0 aliphatic rings. The minimum atomic E-state index is -0.0949. The summed E-state index contributed by atoms with van der Waals surface area (Å²) in [5.41, 5.74) is 6.22. The van der Waals surface area contributed by atoms with Crippen LogP contribution < -0.4 is 15.8 Å². The van der Waals surface area contributed by atoms with E-state index in [0.29, 0.717) is 23.9 Å². The molecule has 94 valence electrons. The zero-order valence-electron chi connectivity index (χ0n) is 10.4. The summed E-state index contributed by atoms with van der Waals surface area (Å²) in [5, 5.41) is 2.81. The van der Waals surface area contributed by atoms with E-state index < -0.39 is 0 Å². The van der Waals surface area contributed by atoms with Crippen LogP contribution in [0, 0.1) is 5.92 Å². The lowest BCUT2D eigenvalue weighted by Gasteiger charge is -2.08. The maximum absolute atomic E-state index is 11.4. The number of hydrogen-bond acceptors (Lipinski definition) is 3. The molecule has 0 fully saturated rings. The second kappa shape index (κ2) is 6.78. The summed E-state index contributed by atoms with van der Waals surface area (Å²) >= 11 is 0. The van der Waals surface area contributed by atoms with Crippen LogP contribution in [0.15, 0.2) is 24.3 Å². The van der Waals surface area contributed by atoms with E-state index in [9.17, 15) is 4.79 Å². The summed E-state index contributed by atoms with van der Waals surface area (Å²) in [6, 6.07) is 6.98. The molecular weight excluding hydrogens is 216 g/mol. The lowest BCUT2D eigenvalue weighted by molar-refractivity contribution is -0.123. The number of nitrogens with two attached hydrogens (primary N) is 1. The number of anilines is 1. The van der Waals surface area contributed by atoms with Gasteiger partial charge < -0.3 is 15.8 Å². The van der Waals surface area contributed by atoms with Crippen molar-refractivity contribution in [3.8, 4) is 5.75 Å². The van der Waals surface area contributed by atoms with Crippen LogP contribution in [0.5, 0.6) is 5.75 Å². The fourth-order valence-electron chi connectivity index (χ4n) is 1.26. The van der Waals surface area contributed by atoms with Crippen molar-refractivity contribution in [2.75, 3.05) is 18.9 Å². The van der Waals surface area contributed by atoms with Gasteiger partial charge >= 0.3 is 0 Å². The van der Waals surface area contributed by atoms with Crippen LogP contribution >= 0.6 is 0 Å². The lowest BCUT2D eigenvalue weighted by Crippen LogP contribution is -2.30. The fourth-order valence-corrected chi connectivity index (χ4v) is 1.26. The van der Waals surface area contributed by atoms with Gasteiger partial charge in [-0.15, -0.1) is 0 Å². The van der Waals surface area contributed by atoms with Gasteiger partial charge in [-0.05, 0) is 36.6 Å². The molecule has 0 unspecified atom stereocenters. The molecule has 0 aliphatic heterocycles. The van der Waals surface area contributed by atoms with Crippen LogP contribution in [0.4, 0.5) is 5.69 Å². The molecule has 0 bridgehead atoms. The van der Waals surface area contributed by atoms with Crippen LogP contribution in [0.1, 0.15) is 20.3 Å². The average Bonchev–Trinajstić information content (AvgIpc) is 2.28. The Bertz CT molecular complexity index is 347. The minimum Gasteiger partial charge on any atom is -0.484 e. The maximum Gasteiger partial charge on any atom is 0.257 e. The van der Waals surface area contributed by atoms with Crippen LogP contribution in [0.3, 0.4) is 0 Å². The highest BCUT2D eigenvalue weighted by molar-refractivity contribution is 5.77. The molecule has 0 heterocycles. The molecule has 17 heavy (non-hydrogen) atoms. The fraction of sp³-hybridized carbons (Fsp3) is 0.462. The smallest absolute Gasteiger partial charge is 0.257 e. The summed E-state index contributed by atoms with van der Waals surface area (Å²) in [7, 11) is 0. The summed E-state index contributed by atoms with van der Waals surface area (Å²) in [5.74, 6) is 1.15. The summed E-state index contributed by atoms with van der Waals surface area (Å²) < 4.78 is 5.31. The molecule has 0 radical (unpaired) electrons. The Morgan fingerprint density at radius 2 is 2.00 bits per heavy atom.